The van der Waals surface area contributed by atoms with E-state index in [-0.39, 0.29) is 11.9 Å². The lowest BCUT2D eigenvalue weighted by molar-refractivity contribution is -0.125. The van der Waals surface area contributed by atoms with E-state index in [2.05, 4.69) is 10.3 Å². The highest BCUT2D eigenvalue weighted by Crippen LogP contribution is 2.07. The number of likely N-dealkylation sites (N-methyl/N-ethyl adjacent to an activating group) is 1. The SMILES string of the molecule is CC(C(=O)NN)N(C)CCN1CCCC1. The van der Waals surface area contributed by atoms with Crippen LogP contribution in [-0.4, -0.2) is 55.0 Å². The summed E-state index contributed by atoms with van der Waals surface area (Å²) in [4.78, 5) is 15.7. The highest BCUT2D eigenvalue weighted by atomic mass is 16.2. The number of carbonyl (C=O) groups excluding carboxylic acids is 1. The molecule has 1 unspecified atom stereocenters. The fraction of sp³-hybridized carbons (Fsp3) is 0.900. The summed E-state index contributed by atoms with van der Waals surface area (Å²) < 4.78 is 0. The summed E-state index contributed by atoms with van der Waals surface area (Å²) in [6.45, 7) is 6.22. The number of hydrazine groups is 1. The van der Waals surface area contributed by atoms with Crippen LogP contribution in [0.1, 0.15) is 19.8 Å². The Morgan fingerprint density at radius 3 is 2.67 bits per heavy atom. The first-order valence-electron chi connectivity index (χ1n) is 5.58. The standard InChI is InChI=1S/C10H22N4O/c1-9(10(15)12-11)13(2)7-8-14-5-3-4-6-14/h9H,3-8,11H2,1-2H3,(H,12,15). The number of amides is 1. The van der Waals surface area contributed by atoms with Gasteiger partial charge in [0.2, 0.25) is 0 Å². The molecule has 0 aliphatic carbocycles. The summed E-state index contributed by atoms with van der Waals surface area (Å²) in [6, 6.07) is -0.155. The van der Waals surface area contributed by atoms with E-state index in [1.807, 2.05) is 18.9 Å². The van der Waals surface area contributed by atoms with Crippen molar-refractivity contribution in [3.8, 4) is 0 Å². The number of hydrogen-bond donors (Lipinski definition) is 2. The van der Waals surface area contributed by atoms with Crippen molar-refractivity contribution in [1.82, 2.24) is 15.2 Å². The molecule has 0 spiro atoms. The Bertz CT molecular complexity index is 204. The van der Waals surface area contributed by atoms with Gasteiger partial charge < -0.3 is 4.90 Å². The van der Waals surface area contributed by atoms with E-state index >= 15 is 0 Å². The van der Waals surface area contributed by atoms with Crippen LogP contribution in [0.2, 0.25) is 0 Å². The quantitative estimate of drug-likeness (QED) is 0.364. The Labute approximate surface area is 91.6 Å². The summed E-state index contributed by atoms with van der Waals surface area (Å²) in [5, 5.41) is 0. The van der Waals surface area contributed by atoms with Crippen molar-refractivity contribution in [2.45, 2.75) is 25.8 Å². The van der Waals surface area contributed by atoms with Gasteiger partial charge in [0.15, 0.2) is 0 Å². The molecule has 3 N–H and O–H groups in total. The number of hydrogen-bond acceptors (Lipinski definition) is 4. The van der Waals surface area contributed by atoms with Crippen molar-refractivity contribution in [3.05, 3.63) is 0 Å². The Morgan fingerprint density at radius 2 is 2.13 bits per heavy atom. The van der Waals surface area contributed by atoms with Crippen molar-refractivity contribution >= 4 is 5.91 Å². The number of nitrogens with one attached hydrogen (secondary N) is 1. The molecule has 1 aliphatic heterocycles. The molecule has 0 radical (unpaired) electrons. The molecule has 0 saturated carbocycles. The molecule has 88 valence electrons. The molecule has 1 heterocycles. The summed E-state index contributed by atoms with van der Waals surface area (Å²) >= 11 is 0. The number of nitrogens with zero attached hydrogens (tertiary/aromatic N) is 2. The summed E-state index contributed by atoms with van der Waals surface area (Å²) in [5.41, 5.74) is 2.18. The first-order valence-corrected chi connectivity index (χ1v) is 5.58. The maximum atomic E-state index is 11.3. The van der Waals surface area contributed by atoms with E-state index in [9.17, 15) is 4.79 Å². The topological polar surface area (TPSA) is 61.6 Å². The molecule has 1 amide bonds. The molecule has 15 heavy (non-hydrogen) atoms. The zero-order chi connectivity index (χ0) is 11.3. The highest BCUT2D eigenvalue weighted by molar-refractivity contribution is 5.80. The van der Waals surface area contributed by atoms with Crippen LogP contribution in [0.3, 0.4) is 0 Å². The van der Waals surface area contributed by atoms with Crippen LogP contribution in [0, 0.1) is 0 Å². The molecule has 0 aromatic carbocycles. The molecule has 1 rings (SSSR count). The molecule has 5 heteroatoms. The second-order valence-electron chi connectivity index (χ2n) is 4.21. The van der Waals surface area contributed by atoms with Gasteiger partial charge in [-0.2, -0.15) is 0 Å². The largest absolute Gasteiger partial charge is 0.302 e. The van der Waals surface area contributed by atoms with Crippen LogP contribution < -0.4 is 11.3 Å². The van der Waals surface area contributed by atoms with Gasteiger partial charge in [-0.05, 0) is 39.9 Å². The third-order valence-corrected chi connectivity index (χ3v) is 3.15. The minimum atomic E-state index is -0.155. The lowest BCUT2D eigenvalue weighted by Crippen LogP contribution is -2.47. The number of nitrogens with two attached hydrogens (primary N) is 1. The minimum absolute atomic E-state index is 0.126. The third kappa shape index (κ3) is 3.77. The van der Waals surface area contributed by atoms with Crippen LogP contribution >= 0.6 is 0 Å². The molecule has 1 aliphatic rings. The van der Waals surface area contributed by atoms with Crippen molar-refractivity contribution in [2.75, 3.05) is 33.2 Å². The molecule has 1 fully saturated rings. The van der Waals surface area contributed by atoms with E-state index in [1.165, 1.54) is 25.9 Å². The van der Waals surface area contributed by atoms with Crippen molar-refractivity contribution in [2.24, 2.45) is 5.84 Å². The average Bonchev–Trinajstić information content (AvgIpc) is 2.76. The molecular formula is C10H22N4O. The summed E-state index contributed by atoms with van der Waals surface area (Å²) in [7, 11) is 1.95. The first-order chi connectivity index (χ1) is 7.15. The molecule has 0 aromatic rings. The van der Waals surface area contributed by atoms with Crippen molar-refractivity contribution < 1.29 is 4.79 Å². The monoisotopic (exact) mass is 214 g/mol. The van der Waals surface area contributed by atoms with E-state index in [0.717, 1.165) is 13.1 Å². The predicted molar refractivity (Wildman–Crippen MR) is 60.1 cm³/mol. The zero-order valence-corrected chi connectivity index (χ0v) is 9.70. The van der Waals surface area contributed by atoms with Gasteiger partial charge in [-0.3, -0.25) is 15.1 Å². The number of carbonyl (C=O) groups is 1. The molecule has 1 atom stereocenters. The zero-order valence-electron chi connectivity index (χ0n) is 9.70. The summed E-state index contributed by atoms with van der Waals surface area (Å²) in [6.07, 6.45) is 2.62. The fourth-order valence-corrected chi connectivity index (χ4v) is 1.82. The van der Waals surface area contributed by atoms with Crippen LogP contribution in [-0.2, 0) is 4.79 Å². The van der Waals surface area contributed by atoms with E-state index in [1.54, 1.807) is 0 Å². The molecular weight excluding hydrogens is 192 g/mol. The molecule has 1 saturated heterocycles. The normalized spacial score (nSPS) is 19.5. The predicted octanol–water partition coefficient (Wildman–Crippen LogP) is -0.608. The van der Waals surface area contributed by atoms with Gasteiger partial charge in [-0.1, -0.05) is 0 Å². The average molecular weight is 214 g/mol. The van der Waals surface area contributed by atoms with Gasteiger partial charge in [0.25, 0.3) is 5.91 Å². The smallest absolute Gasteiger partial charge is 0.250 e. The fourth-order valence-electron chi connectivity index (χ4n) is 1.82. The first kappa shape index (κ1) is 12.4. The summed E-state index contributed by atoms with van der Waals surface area (Å²) in [5.74, 6) is 4.97. The maximum Gasteiger partial charge on any atom is 0.250 e. The van der Waals surface area contributed by atoms with Crippen LogP contribution in [0.4, 0.5) is 0 Å². The second kappa shape index (κ2) is 6.05. The third-order valence-electron chi connectivity index (χ3n) is 3.15. The molecule has 0 bridgehead atoms. The van der Waals surface area contributed by atoms with Crippen LogP contribution in [0.25, 0.3) is 0 Å². The lowest BCUT2D eigenvalue weighted by Gasteiger charge is -2.25. The number of rotatable bonds is 5. The van der Waals surface area contributed by atoms with Gasteiger partial charge >= 0.3 is 0 Å². The second-order valence-corrected chi connectivity index (χ2v) is 4.21. The van der Waals surface area contributed by atoms with Gasteiger partial charge in [-0.15, -0.1) is 0 Å². The van der Waals surface area contributed by atoms with Crippen LogP contribution in [0.15, 0.2) is 0 Å². The Balaban J connectivity index is 2.22. The van der Waals surface area contributed by atoms with E-state index in [0.29, 0.717) is 0 Å². The van der Waals surface area contributed by atoms with Gasteiger partial charge in [0, 0.05) is 13.1 Å². The Hall–Kier alpha value is -0.650. The van der Waals surface area contributed by atoms with E-state index < -0.39 is 0 Å². The Morgan fingerprint density at radius 1 is 1.53 bits per heavy atom. The highest BCUT2D eigenvalue weighted by Gasteiger charge is 2.18. The number of likely N-dealkylation sites (tertiary alicyclic amines) is 1. The van der Waals surface area contributed by atoms with Gasteiger partial charge in [-0.25, -0.2) is 5.84 Å². The Kier molecular flexibility index (Phi) is 5.01. The molecule has 5 nitrogen and oxygen atoms in total. The van der Waals surface area contributed by atoms with E-state index in [4.69, 9.17) is 5.84 Å². The maximum absolute atomic E-state index is 11.3. The van der Waals surface area contributed by atoms with Gasteiger partial charge in [0.05, 0.1) is 6.04 Å². The van der Waals surface area contributed by atoms with Gasteiger partial charge in [0.1, 0.15) is 0 Å². The van der Waals surface area contributed by atoms with Crippen LogP contribution in [0.5, 0.6) is 0 Å². The van der Waals surface area contributed by atoms with Crippen molar-refractivity contribution in [3.63, 3.8) is 0 Å². The molecule has 0 aromatic heterocycles. The minimum Gasteiger partial charge on any atom is -0.302 e. The van der Waals surface area contributed by atoms with Crippen molar-refractivity contribution in [1.29, 1.82) is 0 Å². The lowest BCUT2D eigenvalue weighted by atomic mass is 10.3.